The molecule has 2 aromatic rings. The molecule has 2 N–H and O–H groups in total. The van der Waals surface area contributed by atoms with Gasteiger partial charge in [-0.3, -0.25) is 9.98 Å². The van der Waals surface area contributed by atoms with Crippen molar-refractivity contribution in [2.45, 2.75) is 25.8 Å². The summed E-state index contributed by atoms with van der Waals surface area (Å²) in [6.07, 6.45) is 5.29. The van der Waals surface area contributed by atoms with Crippen molar-refractivity contribution >= 4 is 11.6 Å². The molecule has 5 nitrogen and oxygen atoms in total. The summed E-state index contributed by atoms with van der Waals surface area (Å²) in [5.74, 6) is -0.319. The van der Waals surface area contributed by atoms with E-state index in [1.807, 2.05) is 30.2 Å². The third-order valence-corrected chi connectivity index (χ3v) is 4.52. The predicted octanol–water partition coefficient (Wildman–Crippen LogP) is 2.74. The first kappa shape index (κ1) is 19.1. The highest BCUT2D eigenvalue weighted by atomic mass is 19.1. The van der Waals surface area contributed by atoms with E-state index >= 15 is 0 Å². The first-order valence-electron chi connectivity index (χ1n) is 9.29. The van der Waals surface area contributed by atoms with Crippen molar-refractivity contribution in [2.24, 2.45) is 4.99 Å². The van der Waals surface area contributed by atoms with Gasteiger partial charge in [0.1, 0.15) is 11.6 Å². The number of hydrogen-bond acceptors (Lipinski definition) is 3. The Labute approximate surface area is 158 Å². The second-order valence-electron chi connectivity index (χ2n) is 6.54. The summed E-state index contributed by atoms with van der Waals surface area (Å²) in [4.78, 5) is 10.7. The minimum Gasteiger partial charge on any atom is -0.367 e. The van der Waals surface area contributed by atoms with Gasteiger partial charge >= 0.3 is 0 Å². The van der Waals surface area contributed by atoms with Crippen LogP contribution in [0.3, 0.4) is 0 Å². The summed E-state index contributed by atoms with van der Waals surface area (Å²) in [6.45, 7) is 4.81. The van der Waals surface area contributed by atoms with Crippen molar-refractivity contribution in [1.29, 1.82) is 0 Å². The number of nitrogens with one attached hydrogen (secondary N) is 2. The van der Waals surface area contributed by atoms with E-state index < -0.39 is 11.6 Å². The van der Waals surface area contributed by atoms with Gasteiger partial charge in [-0.25, -0.2) is 8.78 Å². The number of rotatable bonds is 6. The van der Waals surface area contributed by atoms with Crippen molar-refractivity contribution in [2.75, 3.05) is 31.1 Å². The van der Waals surface area contributed by atoms with Crippen LogP contribution in [-0.2, 0) is 6.42 Å². The number of halogens is 2. The first-order valence-corrected chi connectivity index (χ1v) is 9.29. The third-order valence-electron chi connectivity index (χ3n) is 4.52. The number of anilines is 1. The minimum atomic E-state index is -0.555. The van der Waals surface area contributed by atoms with Crippen molar-refractivity contribution in [3.05, 3.63) is 59.9 Å². The quantitative estimate of drug-likeness (QED) is 0.604. The molecule has 3 rings (SSSR count). The molecule has 0 bridgehead atoms. The molecule has 1 aromatic heterocycles. The molecule has 0 aliphatic carbocycles. The van der Waals surface area contributed by atoms with Gasteiger partial charge in [-0.05, 0) is 43.5 Å². The van der Waals surface area contributed by atoms with Gasteiger partial charge < -0.3 is 15.5 Å². The molecule has 0 radical (unpaired) electrons. The molecule has 7 heteroatoms. The van der Waals surface area contributed by atoms with Crippen LogP contribution in [-0.4, -0.2) is 43.2 Å². The lowest BCUT2D eigenvalue weighted by Crippen LogP contribution is -2.44. The van der Waals surface area contributed by atoms with Gasteiger partial charge in [0, 0.05) is 50.7 Å². The molecule has 1 saturated heterocycles. The molecule has 2 heterocycles. The Morgan fingerprint density at radius 1 is 1.33 bits per heavy atom. The second-order valence-corrected chi connectivity index (χ2v) is 6.54. The first-order chi connectivity index (χ1) is 13.2. The summed E-state index contributed by atoms with van der Waals surface area (Å²) < 4.78 is 27.1. The third kappa shape index (κ3) is 5.39. The molecule has 1 aliphatic heterocycles. The van der Waals surface area contributed by atoms with Gasteiger partial charge in [-0.15, -0.1) is 0 Å². The SMILES string of the molecule is CCNC(=NCCc1cccnc1)NC1CCN(c2ccc(F)cc2F)C1. The van der Waals surface area contributed by atoms with Crippen molar-refractivity contribution in [3.8, 4) is 0 Å². The maximum atomic E-state index is 14.0. The summed E-state index contributed by atoms with van der Waals surface area (Å²) in [7, 11) is 0. The van der Waals surface area contributed by atoms with Crippen LogP contribution in [0.2, 0.25) is 0 Å². The average molecular weight is 373 g/mol. The normalized spacial score (nSPS) is 17.2. The van der Waals surface area contributed by atoms with E-state index in [4.69, 9.17) is 0 Å². The highest BCUT2D eigenvalue weighted by molar-refractivity contribution is 5.80. The fourth-order valence-corrected chi connectivity index (χ4v) is 3.19. The Morgan fingerprint density at radius 2 is 2.22 bits per heavy atom. The van der Waals surface area contributed by atoms with Crippen LogP contribution < -0.4 is 15.5 Å². The van der Waals surface area contributed by atoms with Gasteiger partial charge in [0.05, 0.1) is 5.69 Å². The number of aromatic nitrogens is 1. The molecule has 144 valence electrons. The van der Waals surface area contributed by atoms with Gasteiger partial charge in [0.2, 0.25) is 0 Å². The Bertz CT molecular complexity index is 766. The summed E-state index contributed by atoms with van der Waals surface area (Å²) in [5.41, 5.74) is 1.59. The van der Waals surface area contributed by atoms with Gasteiger partial charge in [-0.2, -0.15) is 0 Å². The number of nitrogens with zero attached hydrogens (tertiary/aromatic N) is 3. The fraction of sp³-hybridized carbons (Fsp3) is 0.400. The Morgan fingerprint density at radius 3 is 2.96 bits per heavy atom. The molecule has 1 unspecified atom stereocenters. The number of hydrogen-bond donors (Lipinski definition) is 2. The lowest BCUT2D eigenvalue weighted by atomic mass is 10.2. The molecule has 1 fully saturated rings. The van der Waals surface area contributed by atoms with Crippen molar-refractivity contribution in [1.82, 2.24) is 15.6 Å². The monoisotopic (exact) mass is 373 g/mol. The predicted molar refractivity (Wildman–Crippen MR) is 104 cm³/mol. The molecule has 0 saturated carbocycles. The van der Waals surface area contributed by atoms with E-state index in [1.54, 1.807) is 6.20 Å². The average Bonchev–Trinajstić information content (AvgIpc) is 3.11. The molecule has 1 aliphatic rings. The van der Waals surface area contributed by atoms with Crippen LogP contribution in [0.4, 0.5) is 14.5 Å². The van der Waals surface area contributed by atoms with E-state index in [0.29, 0.717) is 18.8 Å². The smallest absolute Gasteiger partial charge is 0.191 e. The van der Waals surface area contributed by atoms with E-state index in [0.717, 1.165) is 43.5 Å². The number of benzene rings is 1. The Hall–Kier alpha value is -2.70. The molecule has 0 amide bonds. The summed E-state index contributed by atoms with van der Waals surface area (Å²) in [6, 6.07) is 7.84. The lowest BCUT2D eigenvalue weighted by molar-refractivity contribution is 0.580. The largest absolute Gasteiger partial charge is 0.367 e. The number of pyridine rings is 1. The summed E-state index contributed by atoms with van der Waals surface area (Å²) in [5, 5.41) is 6.67. The standard InChI is InChI=1S/C20H25F2N5/c1-2-24-20(25-10-7-15-4-3-9-23-13-15)26-17-8-11-27(14-17)19-6-5-16(21)12-18(19)22/h3-6,9,12-13,17H,2,7-8,10-11,14H2,1H3,(H2,24,25,26). The maximum absolute atomic E-state index is 14.0. The van der Waals surface area contributed by atoms with Crippen LogP contribution in [0.1, 0.15) is 18.9 Å². The topological polar surface area (TPSA) is 52.6 Å². The van der Waals surface area contributed by atoms with E-state index in [2.05, 4.69) is 20.6 Å². The maximum Gasteiger partial charge on any atom is 0.191 e. The Kier molecular flexibility index (Phi) is 6.57. The van der Waals surface area contributed by atoms with Crippen LogP contribution in [0.15, 0.2) is 47.7 Å². The highest BCUT2D eigenvalue weighted by Crippen LogP contribution is 2.24. The second kappa shape index (κ2) is 9.30. The van der Waals surface area contributed by atoms with Gasteiger partial charge in [0.25, 0.3) is 0 Å². The number of guanidine groups is 1. The zero-order valence-electron chi connectivity index (χ0n) is 15.5. The fourth-order valence-electron chi connectivity index (χ4n) is 3.19. The van der Waals surface area contributed by atoms with E-state index in [-0.39, 0.29) is 6.04 Å². The lowest BCUT2D eigenvalue weighted by Gasteiger charge is -2.21. The summed E-state index contributed by atoms with van der Waals surface area (Å²) >= 11 is 0. The van der Waals surface area contributed by atoms with Crippen LogP contribution in [0.5, 0.6) is 0 Å². The van der Waals surface area contributed by atoms with Crippen LogP contribution >= 0.6 is 0 Å². The number of aliphatic imine (C=N–C) groups is 1. The Balaban J connectivity index is 1.56. The molecular formula is C20H25F2N5. The van der Waals surface area contributed by atoms with E-state index in [1.165, 1.54) is 12.1 Å². The van der Waals surface area contributed by atoms with Crippen molar-refractivity contribution in [3.63, 3.8) is 0 Å². The molecule has 1 aromatic carbocycles. The van der Waals surface area contributed by atoms with Crippen LogP contribution in [0, 0.1) is 11.6 Å². The van der Waals surface area contributed by atoms with Crippen molar-refractivity contribution < 1.29 is 8.78 Å². The van der Waals surface area contributed by atoms with E-state index in [9.17, 15) is 8.78 Å². The van der Waals surface area contributed by atoms with Gasteiger partial charge in [0.15, 0.2) is 5.96 Å². The van der Waals surface area contributed by atoms with Gasteiger partial charge in [-0.1, -0.05) is 6.07 Å². The molecular weight excluding hydrogens is 348 g/mol. The molecule has 27 heavy (non-hydrogen) atoms. The zero-order valence-corrected chi connectivity index (χ0v) is 15.5. The minimum absolute atomic E-state index is 0.158. The molecule has 0 spiro atoms. The highest BCUT2D eigenvalue weighted by Gasteiger charge is 2.25. The zero-order chi connectivity index (χ0) is 19.1. The van der Waals surface area contributed by atoms with Crippen LogP contribution in [0.25, 0.3) is 0 Å². The molecule has 1 atom stereocenters.